The van der Waals surface area contributed by atoms with Crippen LogP contribution in [0.25, 0.3) is 0 Å². The molecule has 3 rings (SSSR count). The van der Waals surface area contributed by atoms with E-state index < -0.39 is 11.9 Å². The molecule has 0 N–H and O–H groups in total. The van der Waals surface area contributed by atoms with Crippen molar-refractivity contribution >= 4 is 11.9 Å². The average molecular weight is 302 g/mol. The molecule has 1 aliphatic heterocycles. The van der Waals surface area contributed by atoms with Crippen LogP contribution in [0.5, 0.6) is 0 Å². The van der Waals surface area contributed by atoms with Gasteiger partial charge in [0, 0.05) is 18.0 Å². The van der Waals surface area contributed by atoms with Crippen LogP contribution in [0.3, 0.4) is 0 Å². The minimum absolute atomic E-state index is 0.460. The number of pyridine rings is 1. The quantitative estimate of drug-likeness (QED) is 0.764. The Kier molecular flexibility index (Phi) is 3.71. The summed E-state index contributed by atoms with van der Waals surface area (Å²) in [6, 6.07) is 2.62. The molecular formula is C14H17F3N2S. The maximum absolute atomic E-state index is 12.6. The van der Waals surface area contributed by atoms with Crippen LogP contribution in [0.15, 0.2) is 17.0 Å². The molecule has 0 radical (unpaired) electrons. The highest BCUT2D eigenvalue weighted by molar-refractivity contribution is 7.97. The van der Waals surface area contributed by atoms with Crippen LogP contribution in [0.4, 0.5) is 13.2 Å². The summed E-state index contributed by atoms with van der Waals surface area (Å²) in [7, 11) is 0. The van der Waals surface area contributed by atoms with Crippen LogP contribution >= 0.6 is 11.9 Å². The van der Waals surface area contributed by atoms with Gasteiger partial charge in [-0.1, -0.05) is 6.42 Å². The lowest BCUT2D eigenvalue weighted by Gasteiger charge is -2.17. The summed E-state index contributed by atoms with van der Waals surface area (Å²) in [4.78, 5) is 4.52. The standard InChI is InChI=1S/C14H17F3N2S/c1-9-12(5-6-13(18-9)14(15,16)17)20-19-7-10-3-2-4-11(10)8-19/h5-6,10-11H,2-4,7-8H2,1H3. The van der Waals surface area contributed by atoms with E-state index in [0.29, 0.717) is 5.69 Å². The molecule has 2 fully saturated rings. The van der Waals surface area contributed by atoms with Crippen molar-refractivity contribution in [3.05, 3.63) is 23.5 Å². The van der Waals surface area contributed by atoms with E-state index in [-0.39, 0.29) is 0 Å². The van der Waals surface area contributed by atoms with Gasteiger partial charge in [0.1, 0.15) is 5.69 Å². The first-order chi connectivity index (χ1) is 9.43. The fourth-order valence-electron chi connectivity index (χ4n) is 3.21. The van der Waals surface area contributed by atoms with Gasteiger partial charge in [-0.25, -0.2) is 9.29 Å². The Labute approximate surface area is 120 Å². The Morgan fingerprint density at radius 3 is 2.40 bits per heavy atom. The van der Waals surface area contributed by atoms with Crippen LogP contribution in [-0.2, 0) is 6.18 Å². The Bertz CT molecular complexity index is 492. The van der Waals surface area contributed by atoms with Crippen molar-refractivity contribution in [1.29, 1.82) is 0 Å². The van der Waals surface area contributed by atoms with Crippen molar-refractivity contribution in [2.45, 2.75) is 37.3 Å². The van der Waals surface area contributed by atoms with Crippen LogP contribution in [0, 0.1) is 18.8 Å². The lowest BCUT2D eigenvalue weighted by atomic mass is 10.0. The second-order valence-electron chi connectivity index (χ2n) is 5.67. The van der Waals surface area contributed by atoms with Gasteiger partial charge in [-0.3, -0.25) is 0 Å². The van der Waals surface area contributed by atoms with Gasteiger partial charge < -0.3 is 0 Å². The van der Waals surface area contributed by atoms with E-state index in [1.165, 1.54) is 19.3 Å². The Morgan fingerprint density at radius 1 is 1.20 bits per heavy atom. The zero-order chi connectivity index (χ0) is 14.3. The fourth-order valence-corrected chi connectivity index (χ4v) is 4.33. The van der Waals surface area contributed by atoms with E-state index in [0.717, 1.165) is 35.9 Å². The number of alkyl halides is 3. The molecule has 2 nitrogen and oxygen atoms in total. The van der Waals surface area contributed by atoms with Crippen molar-refractivity contribution < 1.29 is 13.2 Å². The summed E-state index contributed by atoms with van der Waals surface area (Å²) in [6.45, 7) is 3.75. The van der Waals surface area contributed by atoms with Gasteiger partial charge in [0.15, 0.2) is 0 Å². The molecule has 6 heteroatoms. The Hall–Kier alpha value is -0.750. The molecule has 20 heavy (non-hydrogen) atoms. The molecule has 0 spiro atoms. The third-order valence-corrected chi connectivity index (χ3v) is 5.43. The van der Waals surface area contributed by atoms with Gasteiger partial charge in [0.2, 0.25) is 0 Å². The molecule has 2 atom stereocenters. The molecule has 110 valence electrons. The average Bonchev–Trinajstić information content (AvgIpc) is 2.90. The minimum Gasteiger partial charge on any atom is -0.247 e. The van der Waals surface area contributed by atoms with Gasteiger partial charge >= 0.3 is 6.18 Å². The lowest BCUT2D eigenvalue weighted by Crippen LogP contribution is -2.14. The van der Waals surface area contributed by atoms with Crippen molar-refractivity contribution in [1.82, 2.24) is 9.29 Å². The van der Waals surface area contributed by atoms with Gasteiger partial charge in [0.05, 0.1) is 5.69 Å². The second-order valence-corrected chi connectivity index (χ2v) is 6.81. The molecule has 1 saturated carbocycles. The number of fused-ring (bicyclic) bond motifs is 1. The molecule has 2 aliphatic rings. The molecule has 1 aromatic heterocycles. The monoisotopic (exact) mass is 302 g/mol. The van der Waals surface area contributed by atoms with Gasteiger partial charge in [0.25, 0.3) is 0 Å². The molecule has 0 amide bonds. The van der Waals surface area contributed by atoms with Crippen LogP contribution < -0.4 is 0 Å². The highest BCUT2D eigenvalue weighted by Gasteiger charge is 2.37. The van der Waals surface area contributed by atoms with Gasteiger partial charge in [-0.2, -0.15) is 13.2 Å². The first kappa shape index (κ1) is 14.2. The first-order valence-corrected chi connectivity index (χ1v) is 7.68. The summed E-state index contributed by atoms with van der Waals surface area (Å²) in [5.41, 5.74) is -0.348. The number of hydrogen-bond donors (Lipinski definition) is 0. The number of halogens is 3. The molecule has 0 bridgehead atoms. The summed E-state index contributed by atoms with van der Waals surface area (Å²) in [5.74, 6) is 1.57. The van der Waals surface area contributed by atoms with E-state index in [9.17, 15) is 13.2 Å². The number of hydrogen-bond acceptors (Lipinski definition) is 3. The van der Waals surface area contributed by atoms with Crippen LogP contribution in [0.1, 0.15) is 30.7 Å². The zero-order valence-electron chi connectivity index (χ0n) is 11.3. The predicted octanol–water partition coefficient (Wildman–Crippen LogP) is 4.15. The fraction of sp³-hybridized carbons (Fsp3) is 0.643. The summed E-state index contributed by atoms with van der Waals surface area (Å²) in [5, 5.41) is 0. The zero-order valence-corrected chi connectivity index (χ0v) is 12.1. The lowest BCUT2D eigenvalue weighted by molar-refractivity contribution is -0.141. The normalized spacial score (nSPS) is 27.0. The highest BCUT2D eigenvalue weighted by Crippen LogP contribution is 2.42. The molecular weight excluding hydrogens is 285 g/mol. The van der Waals surface area contributed by atoms with Crippen molar-refractivity contribution in [3.63, 3.8) is 0 Å². The molecule has 1 aromatic rings. The summed E-state index contributed by atoms with van der Waals surface area (Å²) in [6.07, 6.45) is -0.439. The van der Waals surface area contributed by atoms with E-state index in [2.05, 4.69) is 9.29 Å². The van der Waals surface area contributed by atoms with E-state index in [4.69, 9.17) is 0 Å². The topological polar surface area (TPSA) is 16.1 Å². The first-order valence-electron chi connectivity index (χ1n) is 6.91. The summed E-state index contributed by atoms with van der Waals surface area (Å²) < 4.78 is 40.0. The van der Waals surface area contributed by atoms with Gasteiger partial charge in [-0.15, -0.1) is 0 Å². The largest absolute Gasteiger partial charge is 0.433 e. The third-order valence-electron chi connectivity index (χ3n) is 4.25. The SMILES string of the molecule is Cc1nc(C(F)(F)F)ccc1SN1CC2CCCC2C1. The summed E-state index contributed by atoms with van der Waals surface area (Å²) >= 11 is 1.56. The smallest absolute Gasteiger partial charge is 0.247 e. The van der Waals surface area contributed by atoms with Crippen LogP contribution in [0.2, 0.25) is 0 Å². The second kappa shape index (κ2) is 5.22. The van der Waals surface area contributed by atoms with Gasteiger partial charge in [-0.05, 0) is 55.7 Å². The number of nitrogens with zero attached hydrogens (tertiary/aromatic N) is 2. The number of aromatic nitrogens is 1. The molecule has 1 aliphatic carbocycles. The molecule has 2 unspecified atom stereocenters. The maximum Gasteiger partial charge on any atom is 0.433 e. The third kappa shape index (κ3) is 2.81. The predicted molar refractivity (Wildman–Crippen MR) is 72.2 cm³/mol. The number of aryl methyl sites for hydroxylation is 1. The Balaban J connectivity index is 1.69. The van der Waals surface area contributed by atoms with Crippen molar-refractivity contribution in [3.8, 4) is 0 Å². The van der Waals surface area contributed by atoms with Crippen molar-refractivity contribution in [2.24, 2.45) is 11.8 Å². The van der Waals surface area contributed by atoms with Crippen LogP contribution in [-0.4, -0.2) is 22.4 Å². The maximum atomic E-state index is 12.6. The molecule has 0 aromatic carbocycles. The minimum atomic E-state index is -4.36. The van der Waals surface area contributed by atoms with Crippen molar-refractivity contribution in [2.75, 3.05) is 13.1 Å². The van der Waals surface area contributed by atoms with E-state index in [1.807, 2.05) is 0 Å². The number of rotatable bonds is 2. The molecule has 2 heterocycles. The van der Waals surface area contributed by atoms with E-state index >= 15 is 0 Å². The highest BCUT2D eigenvalue weighted by atomic mass is 32.2. The molecule has 1 saturated heterocycles. The Morgan fingerprint density at radius 2 is 1.85 bits per heavy atom. The van der Waals surface area contributed by atoms with E-state index in [1.54, 1.807) is 24.9 Å².